The molecule has 92 valence electrons. The van der Waals surface area contributed by atoms with Gasteiger partial charge in [0.25, 0.3) is 0 Å². The van der Waals surface area contributed by atoms with Crippen molar-refractivity contribution < 1.29 is 9.13 Å². The van der Waals surface area contributed by atoms with Crippen molar-refractivity contribution in [3.05, 3.63) is 34.1 Å². The van der Waals surface area contributed by atoms with Gasteiger partial charge in [-0.25, -0.2) is 9.38 Å². The summed E-state index contributed by atoms with van der Waals surface area (Å²) in [5.41, 5.74) is 0.735. The van der Waals surface area contributed by atoms with E-state index in [9.17, 15) is 4.39 Å². The van der Waals surface area contributed by atoms with E-state index in [1.54, 1.807) is 6.07 Å². The topological polar surface area (TPSA) is 21.6 Å². The Kier molecular flexibility index (Phi) is 3.25. The molecule has 1 atom stereocenters. The predicted molar refractivity (Wildman–Crippen MR) is 69.8 cm³/mol. The summed E-state index contributed by atoms with van der Waals surface area (Å²) in [6.07, 6.45) is 0. The summed E-state index contributed by atoms with van der Waals surface area (Å²) in [6, 6.07) is 4.63. The minimum absolute atomic E-state index is 0.0571. The molecule has 1 aliphatic heterocycles. The molecule has 1 aromatic rings. The van der Waals surface area contributed by atoms with Crippen LogP contribution in [0.2, 0.25) is 0 Å². The fourth-order valence-corrected chi connectivity index (χ4v) is 2.04. The van der Waals surface area contributed by atoms with E-state index in [0.717, 1.165) is 4.47 Å². The van der Waals surface area contributed by atoms with Crippen LogP contribution in [0.3, 0.4) is 0 Å². The van der Waals surface area contributed by atoms with Crippen LogP contribution in [-0.4, -0.2) is 18.5 Å². The van der Waals surface area contributed by atoms with Crippen molar-refractivity contribution in [1.29, 1.82) is 0 Å². The normalized spacial score (nSPS) is 20.1. The van der Waals surface area contributed by atoms with E-state index in [1.165, 1.54) is 12.1 Å². The zero-order chi connectivity index (χ0) is 12.6. The Bertz CT molecular complexity index is 465. The molecule has 1 aromatic carbocycles. The van der Waals surface area contributed by atoms with Crippen LogP contribution in [0.1, 0.15) is 26.3 Å². The standard InChI is InChI=1S/C13H15BrFNO/c1-13(2,3)11-7-17-12(16-11)9-6-8(15)4-5-10(9)14/h4-6,11H,7H2,1-3H3/t11-/m1/s1. The Morgan fingerprint density at radius 2 is 2.12 bits per heavy atom. The minimum Gasteiger partial charge on any atom is -0.475 e. The van der Waals surface area contributed by atoms with Gasteiger partial charge in [-0.05, 0) is 39.5 Å². The van der Waals surface area contributed by atoms with Crippen molar-refractivity contribution in [2.45, 2.75) is 26.8 Å². The first kappa shape index (κ1) is 12.6. The zero-order valence-electron chi connectivity index (χ0n) is 10.1. The molecule has 0 bridgehead atoms. The van der Waals surface area contributed by atoms with Gasteiger partial charge in [-0.15, -0.1) is 0 Å². The average molecular weight is 300 g/mol. The molecular formula is C13H15BrFNO. The van der Waals surface area contributed by atoms with Gasteiger partial charge in [-0.2, -0.15) is 0 Å². The molecule has 0 radical (unpaired) electrons. The lowest BCUT2D eigenvalue weighted by atomic mass is 9.88. The molecule has 0 aliphatic carbocycles. The van der Waals surface area contributed by atoms with E-state index < -0.39 is 0 Å². The Balaban J connectivity index is 2.33. The summed E-state index contributed by atoms with van der Waals surface area (Å²) < 4.78 is 19.6. The lowest BCUT2D eigenvalue weighted by Gasteiger charge is -2.21. The van der Waals surface area contributed by atoms with Crippen molar-refractivity contribution in [2.24, 2.45) is 10.4 Å². The first-order valence-corrected chi connectivity index (χ1v) is 6.33. The zero-order valence-corrected chi connectivity index (χ0v) is 11.7. The van der Waals surface area contributed by atoms with E-state index in [-0.39, 0.29) is 17.3 Å². The highest BCUT2D eigenvalue weighted by atomic mass is 79.9. The average Bonchev–Trinajstić information content (AvgIpc) is 2.70. The number of aliphatic imine (C=N–C) groups is 1. The van der Waals surface area contributed by atoms with Crippen LogP contribution in [-0.2, 0) is 4.74 Å². The van der Waals surface area contributed by atoms with Gasteiger partial charge < -0.3 is 4.74 Å². The van der Waals surface area contributed by atoms with E-state index in [2.05, 4.69) is 41.7 Å². The quantitative estimate of drug-likeness (QED) is 0.773. The molecule has 4 heteroatoms. The number of hydrogen-bond acceptors (Lipinski definition) is 2. The molecule has 0 N–H and O–H groups in total. The van der Waals surface area contributed by atoms with Gasteiger partial charge in [0, 0.05) is 4.47 Å². The highest BCUT2D eigenvalue weighted by Crippen LogP contribution is 2.29. The smallest absolute Gasteiger partial charge is 0.217 e. The maximum Gasteiger partial charge on any atom is 0.217 e. The molecule has 2 nitrogen and oxygen atoms in total. The van der Waals surface area contributed by atoms with Crippen LogP contribution in [0.25, 0.3) is 0 Å². The largest absolute Gasteiger partial charge is 0.475 e. The van der Waals surface area contributed by atoms with Crippen molar-refractivity contribution in [2.75, 3.05) is 6.61 Å². The van der Waals surface area contributed by atoms with Gasteiger partial charge in [0.05, 0.1) is 11.6 Å². The second-order valence-electron chi connectivity index (χ2n) is 5.25. The molecule has 0 fully saturated rings. The van der Waals surface area contributed by atoms with Crippen LogP contribution in [0, 0.1) is 11.2 Å². The Morgan fingerprint density at radius 3 is 2.71 bits per heavy atom. The number of hydrogen-bond donors (Lipinski definition) is 0. The summed E-state index contributed by atoms with van der Waals surface area (Å²) in [5.74, 6) is 0.241. The third-order valence-corrected chi connectivity index (χ3v) is 3.50. The molecule has 1 aliphatic rings. The van der Waals surface area contributed by atoms with E-state index in [4.69, 9.17) is 4.74 Å². The molecule has 0 unspecified atom stereocenters. The summed E-state index contributed by atoms with van der Waals surface area (Å²) >= 11 is 3.38. The molecule has 0 aromatic heterocycles. The summed E-state index contributed by atoms with van der Waals surface area (Å²) in [6.45, 7) is 6.91. The fraction of sp³-hybridized carbons (Fsp3) is 0.462. The molecule has 0 amide bonds. The molecule has 0 saturated carbocycles. The van der Waals surface area contributed by atoms with Gasteiger partial charge in [0.2, 0.25) is 5.90 Å². The van der Waals surface area contributed by atoms with Crippen LogP contribution < -0.4 is 0 Å². The molecular weight excluding hydrogens is 285 g/mol. The fourth-order valence-electron chi connectivity index (χ4n) is 1.63. The van der Waals surface area contributed by atoms with Gasteiger partial charge in [-0.3, -0.25) is 0 Å². The van der Waals surface area contributed by atoms with Crippen LogP contribution in [0.4, 0.5) is 4.39 Å². The van der Waals surface area contributed by atoms with Gasteiger partial charge >= 0.3 is 0 Å². The molecule has 0 spiro atoms. The van der Waals surface area contributed by atoms with Gasteiger partial charge in [0.15, 0.2) is 0 Å². The Hall–Kier alpha value is -0.900. The Labute approximate surface area is 109 Å². The van der Waals surface area contributed by atoms with E-state index in [0.29, 0.717) is 18.1 Å². The molecule has 1 heterocycles. The SMILES string of the molecule is CC(C)(C)[C@H]1COC(c2cc(F)ccc2Br)=N1. The third-order valence-electron chi connectivity index (χ3n) is 2.81. The first-order valence-electron chi connectivity index (χ1n) is 5.54. The van der Waals surface area contributed by atoms with Crippen molar-refractivity contribution in [3.63, 3.8) is 0 Å². The molecule has 17 heavy (non-hydrogen) atoms. The van der Waals surface area contributed by atoms with E-state index in [1.807, 2.05) is 0 Å². The number of nitrogens with zero attached hydrogens (tertiary/aromatic N) is 1. The van der Waals surface area contributed by atoms with Gasteiger partial charge in [0.1, 0.15) is 12.4 Å². The third kappa shape index (κ3) is 2.68. The second kappa shape index (κ2) is 4.41. The maximum absolute atomic E-state index is 13.2. The van der Waals surface area contributed by atoms with Crippen LogP contribution >= 0.6 is 15.9 Å². The van der Waals surface area contributed by atoms with Crippen LogP contribution in [0.5, 0.6) is 0 Å². The molecule has 2 rings (SSSR count). The maximum atomic E-state index is 13.2. The lowest BCUT2D eigenvalue weighted by Crippen LogP contribution is -2.25. The first-order chi connectivity index (χ1) is 7.88. The second-order valence-corrected chi connectivity index (χ2v) is 6.11. The molecule has 0 saturated heterocycles. The number of ether oxygens (including phenoxy) is 1. The summed E-state index contributed by atoms with van der Waals surface area (Å²) in [7, 11) is 0. The predicted octanol–water partition coefficient (Wildman–Crippen LogP) is 3.78. The summed E-state index contributed by atoms with van der Waals surface area (Å²) in [4.78, 5) is 4.53. The number of halogens is 2. The lowest BCUT2D eigenvalue weighted by molar-refractivity contribution is 0.236. The number of rotatable bonds is 1. The summed E-state index contributed by atoms with van der Waals surface area (Å²) in [5, 5.41) is 0. The van der Waals surface area contributed by atoms with Crippen molar-refractivity contribution in [1.82, 2.24) is 0 Å². The Morgan fingerprint density at radius 1 is 1.41 bits per heavy atom. The van der Waals surface area contributed by atoms with Gasteiger partial charge in [-0.1, -0.05) is 20.8 Å². The number of benzene rings is 1. The monoisotopic (exact) mass is 299 g/mol. The highest BCUT2D eigenvalue weighted by Gasteiger charge is 2.31. The van der Waals surface area contributed by atoms with Crippen LogP contribution in [0.15, 0.2) is 27.7 Å². The highest BCUT2D eigenvalue weighted by molar-refractivity contribution is 9.10. The minimum atomic E-state index is -0.284. The van der Waals surface area contributed by atoms with Crippen molar-refractivity contribution in [3.8, 4) is 0 Å². The van der Waals surface area contributed by atoms with Crippen molar-refractivity contribution >= 4 is 21.8 Å². The van der Waals surface area contributed by atoms with E-state index >= 15 is 0 Å².